The quantitative estimate of drug-likeness (QED) is 0.139. The molecule has 1 heterocycles. The number of carbonyl (C=O) groups is 11. The Kier molecular flexibility index (Phi) is 32.1. The number of aliphatic hydroxyl groups is 1. The first-order valence-corrected chi connectivity index (χ1v) is 30.7. The first-order chi connectivity index (χ1) is 39.3. The largest absolute Gasteiger partial charge is 0.390 e. The molecular formula is C62H111N11O12. The minimum atomic E-state index is -1.61. The molecule has 1 saturated heterocycles. The smallest absolute Gasteiger partial charge is 0.246 e. The van der Waals surface area contributed by atoms with Crippen LogP contribution in [-0.2, 0) is 52.7 Å². The van der Waals surface area contributed by atoms with Crippen molar-refractivity contribution in [2.45, 2.75) is 229 Å². The van der Waals surface area contributed by atoms with Gasteiger partial charge in [-0.1, -0.05) is 102 Å². The summed E-state index contributed by atoms with van der Waals surface area (Å²) in [6.07, 6.45) is 3.69. The summed E-state index contributed by atoms with van der Waals surface area (Å²) in [4.78, 5) is 168. The average Bonchev–Trinajstić information content (AvgIpc) is 3.42. The molecule has 23 nitrogen and oxygen atoms in total. The highest BCUT2D eigenvalue weighted by Gasteiger charge is 2.45. The summed E-state index contributed by atoms with van der Waals surface area (Å²) in [5.74, 6) is -8.89. The van der Waals surface area contributed by atoms with E-state index < -0.39 is 150 Å². The molecule has 0 aromatic heterocycles. The molecule has 11 amide bonds. The van der Waals surface area contributed by atoms with E-state index in [9.17, 15) is 43.5 Å². The standard InChI is InChI=1S/C62H111N11O12/c1-24-27-28-40(14)52(75)51-56(79)66-43(25-2)58(81)67(17)34-49(74)68(18)46(31-36(6)7)55(78)65-44(26-3)59(82)70(20)47(32-37(8)9)54(77)63-41(15)53(76)64-42(16)57(80)69(19)45(30-29-35(4)5)60(83)71(21)48(33-38(10)11)61(84)72(22)50(39(12)13)62(85)73(51)23/h24,27,35-48,50-52,75H,25-26,28-34H2,1-23H3,(H,63,77)(H,64,76)(H,65,78)(H,66,79)/b27-24+/t40-,41+,42-,43+,44+,45+,46+,47+,48+,50+,51+,52-/m1/s1. The third-order valence-corrected chi connectivity index (χ3v) is 16.2. The predicted molar refractivity (Wildman–Crippen MR) is 329 cm³/mol. The fourth-order valence-corrected chi connectivity index (χ4v) is 10.7. The molecule has 85 heavy (non-hydrogen) atoms. The van der Waals surface area contributed by atoms with E-state index >= 15 is 14.4 Å². The Labute approximate surface area is 508 Å². The Morgan fingerprint density at radius 3 is 1.38 bits per heavy atom. The van der Waals surface area contributed by atoms with Crippen LogP contribution in [0.3, 0.4) is 0 Å². The van der Waals surface area contributed by atoms with Crippen LogP contribution in [0.4, 0.5) is 0 Å². The van der Waals surface area contributed by atoms with Crippen LogP contribution in [0.25, 0.3) is 0 Å². The lowest BCUT2D eigenvalue weighted by Gasteiger charge is -2.41. The minimum Gasteiger partial charge on any atom is -0.390 e. The fraction of sp³-hybridized carbons (Fsp3) is 0.790. The second kappa shape index (κ2) is 35.5. The van der Waals surface area contributed by atoms with Gasteiger partial charge in [-0.2, -0.15) is 0 Å². The third-order valence-electron chi connectivity index (χ3n) is 16.2. The molecule has 0 spiro atoms. The Morgan fingerprint density at radius 1 is 0.471 bits per heavy atom. The van der Waals surface area contributed by atoms with Crippen LogP contribution in [0.5, 0.6) is 0 Å². The molecule has 0 aromatic rings. The first kappa shape index (κ1) is 76.9. The van der Waals surface area contributed by atoms with Crippen LogP contribution in [0.15, 0.2) is 12.2 Å². The number of nitrogens with zero attached hydrogens (tertiary/aromatic N) is 7. The van der Waals surface area contributed by atoms with Crippen molar-refractivity contribution >= 4 is 65.0 Å². The normalized spacial score (nSPS) is 26.8. The monoisotopic (exact) mass is 1200 g/mol. The third kappa shape index (κ3) is 22.0. The van der Waals surface area contributed by atoms with Crippen molar-refractivity contribution in [3.05, 3.63) is 12.2 Å². The number of allylic oxidation sites excluding steroid dienone is 2. The maximum atomic E-state index is 15.1. The number of nitrogens with one attached hydrogen (secondary N) is 4. The lowest BCUT2D eigenvalue weighted by Crippen LogP contribution is -2.63. The van der Waals surface area contributed by atoms with Gasteiger partial charge in [0.05, 0.1) is 12.6 Å². The van der Waals surface area contributed by atoms with E-state index in [4.69, 9.17) is 0 Å². The van der Waals surface area contributed by atoms with Crippen LogP contribution in [0.1, 0.15) is 162 Å². The second-order valence-electron chi connectivity index (χ2n) is 25.7. The highest BCUT2D eigenvalue weighted by Crippen LogP contribution is 2.25. The van der Waals surface area contributed by atoms with E-state index in [-0.39, 0.29) is 62.2 Å². The summed E-state index contributed by atoms with van der Waals surface area (Å²) in [5, 5.41) is 23.0. The van der Waals surface area contributed by atoms with Gasteiger partial charge in [-0.15, -0.1) is 0 Å². The summed E-state index contributed by atoms with van der Waals surface area (Å²) in [6, 6.07) is -12.2. The summed E-state index contributed by atoms with van der Waals surface area (Å²) in [7, 11) is 9.93. The molecule has 1 rings (SSSR count). The SMILES string of the molecule is C/C=C/C[C@@H](C)[C@@H](O)[C@H]1C(=O)N[C@@H](CC)C(=O)N(C)CC(=O)N(C)[C@@H](CC(C)C)C(=O)N[C@@H](CC)C(=O)N(C)[C@@H](CC(C)C)C(=O)N[C@@H](C)C(=O)N[C@H](C)C(=O)N(C)[C@@H](CCC(C)C)C(=O)N(C)[C@@H](CC(C)C)C(=O)N(C)[C@@H](C(C)C)C(=O)N1C. The van der Waals surface area contributed by atoms with E-state index in [1.807, 2.05) is 61.5 Å². The summed E-state index contributed by atoms with van der Waals surface area (Å²) < 4.78 is 0. The van der Waals surface area contributed by atoms with Crippen molar-refractivity contribution in [3.8, 4) is 0 Å². The Balaban J connectivity index is 4.30. The average molecular weight is 1200 g/mol. The van der Waals surface area contributed by atoms with Crippen LogP contribution in [0.2, 0.25) is 0 Å². The Hall–Kier alpha value is -6.13. The Morgan fingerprint density at radius 2 is 0.894 bits per heavy atom. The van der Waals surface area contributed by atoms with Gasteiger partial charge in [-0.25, -0.2) is 0 Å². The molecule has 0 radical (unpaired) electrons. The molecule has 12 atom stereocenters. The second-order valence-corrected chi connectivity index (χ2v) is 25.7. The fourth-order valence-electron chi connectivity index (χ4n) is 10.7. The molecule has 23 heteroatoms. The Bertz CT molecular complexity index is 2310. The molecule has 0 saturated carbocycles. The van der Waals surface area contributed by atoms with E-state index in [0.717, 1.165) is 9.80 Å². The zero-order valence-electron chi connectivity index (χ0n) is 55.9. The number of carbonyl (C=O) groups excluding carboxylic acids is 11. The highest BCUT2D eigenvalue weighted by molar-refractivity contribution is 5.99. The molecule has 5 N–H and O–H groups in total. The van der Waals surface area contributed by atoms with Crippen molar-refractivity contribution < 1.29 is 57.8 Å². The van der Waals surface area contributed by atoms with Crippen molar-refractivity contribution in [2.75, 3.05) is 55.9 Å². The minimum absolute atomic E-state index is 0.0250. The number of rotatable bonds is 16. The molecule has 0 aromatic carbocycles. The zero-order valence-corrected chi connectivity index (χ0v) is 55.9. The van der Waals surface area contributed by atoms with Crippen molar-refractivity contribution in [3.63, 3.8) is 0 Å². The molecule has 0 unspecified atom stereocenters. The van der Waals surface area contributed by atoms with Gasteiger partial charge in [0.15, 0.2) is 0 Å². The number of aliphatic hydroxyl groups excluding tert-OH is 1. The van der Waals surface area contributed by atoms with Crippen LogP contribution in [-0.4, -0.2) is 227 Å². The lowest BCUT2D eigenvalue weighted by atomic mass is 9.91. The van der Waals surface area contributed by atoms with E-state index in [1.54, 1.807) is 47.6 Å². The van der Waals surface area contributed by atoms with Gasteiger partial charge in [-0.05, 0) is 108 Å². The molecule has 0 bridgehead atoms. The topological polar surface area (TPSA) is 279 Å². The number of likely N-dealkylation sites (N-methyl/N-ethyl adjacent to an activating group) is 7. The van der Waals surface area contributed by atoms with Crippen LogP contribution >= 0.6 is 0 Å². The molecule has 486 valence electrons. The van der Waals surface area contributed by atoms with Crippen molar-refractivity contribution in [1.82, 2.24) is 55.6 Å². The van der Waals surface area contributed by atoms with Crippen LogP contribution < -0.4 is 21.3 Å². The predicted octanol–water partition coefficient (Wildman–Crippen LogP) is 3.41. The van der Waals surface area contributed by atoms with Gasteiger partial charge in [0.1, 0.15) is 60.4 Å². The lowest BCUT2D eigenvalue weighted by molar-refractivity contribution is -0.157. The van der Waals surface area contributed by atoms with Gasteiger partial charge in [0.25, 0.3) is 0 Å². The summed E-state index contributed by atoms with van der Waals surface area (Å²) in [6.45, 7) is 27.8. The van der Waals surface area contributed by atoms with Gasteiger partial charge in [0.2, 0.25) is 65.0 Å². The maximum absolute atomic E-state index is 15.1. The molecule has 1 aliphatic rings. The molecule has 1 aliphatic heterocycles. The summed E-state index contributed by atoms with van der Waals surface area (Å²) in [5.41, 5.74) is 0. The highest BCUT2D eigenvalue weighted by atomic mass is 16.3. The molecule has 0 aliphatic carbocycles. The first-order valence-electron chi connectivity index (χ1n) is 30.7. The molecular weight excluding hydrogens is 1090 g/mol. The zero-order chi connectivity index (χ0) is 65.8. The number of hydrogen-bond donors (Lipinski definition) is 5. The van der Waals surface area contributed by atoms with Gasteiger partial charge in [-0.3, -0.25) is 52.7 Å². The summed E-state index contributed by atoms with van der Waals surface area (Å²) >= 11 is 0. The number of hydrogen-bond acceptors (Lipinski definition) is 12. The van der Waals surface area contributed by atoms with Crippen molar-refractivity contribution in [2.24, 2.45) is 35.5 Å². The van der Waals surface area contributed by atoms with Crippen LogP contribution in [0, 0.1) is 35.5 Å². The van der Waals surface area contributed by atoms with E-state index in [0.29, 0.717) is 12.8 Å². The van der Waals surface area contributed by atoms with Crippen molar-refractivity contribution in [1.29, 1.82) is 0 Å². The molecule has 1 fully saturated rings. The van der Waals surface area contributed by atoms with Gasteiger partial charge < -0.3 is 60.7 Å². The number of amides is 11. The maximum Gasteiger partial charge on any atom is 0.246 e. The van der Waals surface area contributed by atoms with Gasteiger partial charge >= 0.3 is 0 Å². The van der Waals surface area contributed by atoms with Gasteiger partial charge in [0, 0.05) is 49.3 Å². The van der Waals surface area contributed by atoms with E-state index in [1.165, 1.54) is 87.7 Å². The van der Waals surface area contributed by atoms with E-state index in [2.05, 4.69) is 21.3 Å².